The van der Waals surface area contributed by atoms with E-state index in [9.17, 15) is 9.59 Å². The van der Waals surface area contributed by atoms with Gasteiger partial charge in [-0.05, 0) is 60.4 Å². The number of benzene rings is 1. The molecule has 1 N–H and O–H groups in total. The molecule has 2 amide bonds. The number of nitrogens with zero attached hydrogens (tertiary/aromatic N) is 2. The van der Waals surface area contributed by atoms with E-state index in [0.717, 1.165) is 47.0 Å². The summed E-state index contributed by atoms with van der Waals surface area (Å²) in [6, 6.07) is 6.45. The number of likely N-dealkylation sites (N-methyl/N-ethyl adjacent to an activating group) is 1. The molecule has 2 aliphatic heterocycles. The summed E-state index contributed by atoms with van der Waals surface area (Å²) in [4.78, 5) is 28.2. The fourth-order valence-corrected chi connectivity index (χ4v) is 4.22. The molecule has 3 rings (SSSR count). The van der Waals surface area contributed by atoms with Gasteiger partial charge in [-0.3, -0.25) is 14.9 Å². The van der Waals surface area contributed by atoms with Crippen LogP contribution in [0.25, 0.3) is 6.08 Å². The number of carbonyl (C=O) groups is 2. The van der Waals surface area contributed by atoms with Gasteiger partial charge in [0.25, 0.3) is 11.1 Å². The van der Waals surface area contributed by atoms with Crippen LogP contribution in [0.4, 0.5) is 10.5 Å². The monoisotopic (exact) mass is 431 g/mol. The third kappa shape index (κ3) is 3.96. The minimum atomic E-state index is -0.321. The Labute approximate surface area is 160 Å². The molecule has 1 aromatic rings. The van der Waals surface area contributed by atoms with Crippen molar-refractivity contribution in [3.05, 3.63) is 33.1 Å². The second-order valence-electron chi connectivity index (χ2n) is 5.88. The third-order valence-electron chi connectivity index (χ3n) is 4.16. The predicted octanol–water partition coefficient (Wildman–Crippen LogP) is 3.34. The molecule has 5 nitrogen and oxygen atoms in total. The van der Waals surface area contributed by atoms with Gasteiger partial charge in [0.05, 0.1) is 10.6 Å². The van der Waals surface area contributed by atoms with Crippen LogP contribution in [0.15, 0.2) is 27.6 Å². The molecule has 0 bridgehead atoms. The normalized spacial score (nSPS) is 22.2. The molecule has 130 valence electrons. The van der Waals surface area contributed by atoms with Gasteiger partial charge < -0.3 is 9.80 Å². The molecular formula is C16H19BrClN3O2S. The number of rotatable bonds is 3. The summed E-state index contributed by atoms with van der Waals surface area (Å²) in [6.45, 7) is 1.92. The van der Waals surface area contributed by atoms with Crippen molar-refractivity contribution in [3.63, 3.8) is 0 Å². The highest BCUT2D eigenvalue weighted by Crippen LogP contribution is 2.36. The van der Waals surface area contributed by atoms with Gasteiger partial charge in [-0.25, -0.2) is 0 Å². The number of thioether (sulfide) groups is 1. The maximum Gasteiger partial charge on any atom is 0.290 e. The number of imide groups is 1. The van der Waals surface area contributed by atoms with E-state index >= 15 is 0 Å². The molecule has 1 atom stereocenters. The van der Waals surface area contributed by atoms with Gasteiger partial charge >= 0.3 is 0 Å². The molecule has 0 aliphatic carbocycles. The average Bonchev–Trinajstić information content (AvgIpc) is 3.07. The molecule has 2 saturated heterocycles. The molecule has 0 unspecified atom stereocenters. The van der Waals surface area contributed by atoms with Crippen LogP contribution in [0.5, 0.6) is 0 Å². The highest BCUT2D eigenvalue weighted by atomic mass is 79.9. The predicted molar refractivity (Wildman–Crippen MR) is 105 cm³/mol. The molecule has 24 heavy (non-hydrogen) atoms. The number of para-hydroxylation sites is 1. The van der Waals surface area contributed by atoms with Crippen LogP contribution in [-0.2, 0) is 4.79 Å². The summed E-state index contributed by atoms with van der Waals surface area (Å²) < 4.78 is 1.00. The van der Waals surface area contributed by atoms with E-state index in [1.165, 1.54) is 0 Å². The molecule has 2 heterocycles. The quantitative estimate of drug-likeness (QED) is 0.743. The Morgan fingerprint density at radius 2 is 2.12 bits per heavy atom. The first-order valence-corrected chi connectivity index (χ1v) is 9.01. The van der Waals surface area contributed by atoms with Crippen molar-refractivity contribution in [2.45, 2.75) is 12.5 Å². The first-order chi connectivity index (χ1) is 11.0. The highest BCUT2D eigenvalue weighted by molar-refractivity contribution is 9.10. The molecule has 0 radical (unpaired) electrons. The van der Waals surface area contributed by atoms with Gasteiger partial charge in [-0.1, -0.05) is 12.1 Å². The summed E-state index contributed by atoms with van der Waals surface area (Å²) >= 11 is 4.58. The van der Waals surface area contributed by atoms with Crippen molar-refractivity contribution in [2.24, 2.45) is 0 Å². The van der Waals surface area contributed by atoms with E-state index in [2.05, 4.69) is 45.1 Å². The van der Waals surface area contributed by atoms with Crippen molar-refractivity contribution in [1.29, 1.82) is 0 Å². The van der Waals surface area contributed by atoms with Gasteiger partial charge in [0.2, 0.25) is 0 Å². The average molecular weight is 433 g/mol. The Kier molecular flexibility index (Phi) is 6.36. The SMILES string of the molecule is CN(C)[C@H]1CCN(c2c(Br)cccc2C=C2SC(=O)NC2=O)C1.Cl. The Bertz CT molecular complexity index is 696. The number of anilines is 1. The number of hydrogen-bond acceptors (Lipinski definition) is 5. The van der Waals surface area contributed by atoms with E-state index in [4.69, 9.17) is 0 Å². The molecule has 0 aromatic heterocycles. The van der Waals surface area contributed by atoms with Crippen LogP contribution in [0.1, 0.15) is 12.0 Å². The summed E-state index contributed by atoms with van der Waals surface area (Å²) in [7, 11) is 4.20. The van der Waals surface area contributed by atoms with Gasteiger partial charge in [-0.15, -0.1) is 12.4 Å². The first-order valence-electron chi connectivity index (χ1n) is 7.40. The maximum atomic E-state index is 11.8. The van der Waals surface area contributed by atoms with Crippen molar-refractivity contribution in [3.8, 4) is 0 Å². The van der Waals surface area contributed by atoms with Crippen molar-refractivity contribution >= 4 is 63.0 Å². The molecule has 0 spiro atoms. The van der Waals surface area contributed by atoms with Crippen molar-refractivity contribution in [2.75, 3.05) is 32.1 Å². The molecule has 2 aliphatic rings. The number of halogens is 2. The Balaban J connectivity index is 0.00000208. The van der Waals surface area contributed by atoms with E-state index in [0.29, 0.717) is 10.9 Å². The van der Waals surface area contributed by atoms with Gasteiger partial charge in [0, 0.05) is 29.2 Å². The van der Waals surface area contributed by atoms with Gasteiger partial charge in [-0.2, -0.15) is 0 Å². The Morgan fingerprint density at radius 3 is 2.71 bits per heavy atom. The standard InChI is InChI=1S/C16H18BrN3O2S.ClH/c1-19(2)11-6-7-20(9-11)14-10(4-3-5-12(14)17)8-13-15(21)18-16(22)23-13;/h3-5,8,11H,6-7,9H2,1-2H3,(H,18,21,22);1H/t11-;/m0./s1. The smallest absolute Gasteiger partial charge is 0.290 e. The van der Waals surface area contributed by atoms with Crippen molar-refractivity contribution < 1.29 is 9.59 Å². The van der Waals surface area contributed by atoms with Crippen LogP contribution in [-0.4, -0.2) is 49.3 Å². The number of carbonyl (C=O) groups excluding carboxylic acids is 2. The molecular weight excluding hydrogens is 414 g/mol. The minimum Gasteiger partial charge on any atom is -0.369 e. The van der Waals surface area contributed by atoms with E-state index in [1.807, 2.05) is 18.2 Å². The topological polar surface area (TPSA) is 52.6 Å². The lowest BCUT2D eigenvalue weighted by molar-refractivity contribution is -0.115. The summed E-state index contributed by atoms with van der Waals surface area (Å²) in [5, 5.41) is 1.98. The largest absolute Gasteiger partial charge is 0.369 e. The zero-order valence-electron chi connectivity index (χ0n) is 13.4. The Hall–Kier alpha value is -1.02. The lowest BCUT2D eigenvalue weighted by Crippen LogP contribution is -2.31. The van der Waals surface area contributed by atoms with Crippen LogP contribution in [0, 0.1) is 0 Å². The van der Waals surface area contributed by atoms with Crippen LogP contribution in [0.3, 0.4) is 0 Å². The molecule has 0 saturated carbocycles. The van der Waals surface area contributed by atoms with Gasteiger partial charge in [0.15, 0.2) is 0 Å². The van der Waals surface area contributed by atoms with E-state index < -0.39 is 0 Å². The maximum absolute atomic E-state index is 11.8. The zero-order valence-corrected chi connectivity index (χ0v) is 16.6. The highest BCUT2D eigenvalue weighted by Gasteiger charge is 2.28. The number of nitrogens with one attached hydrogen (secondary N) is 1. The summed E-state index contributed by atoms with van der Waals surface area (Å²) in [6.07, 6.45) is 2.91. The van der Waals surface area contributed by atoms with Crippen LogP contribution in [0.2, 0.25) is 0 Å². The van der Waals surface area contributed by atoms with Gasteiger partial charge in [0.1, 0.15) is 0 Å². The number of amides is 2. The first kappa shape index (κ1) is 19.3. The second kappa shape index (κ2) is 7.91. The summed E-state index contributed by atoms with van der Waals surface area (Å²) in [5.41, 5.74) is 2.03. The minimum absolute atomic E-state index is 0. The third-order valence-corrected chi connectivity index (χ3v) is 5.61. The van der Waals surface area contributed by atoms with Crippen LogP contribution >= 0.6 is 40.1 Å². The summed E-state index contributed by atoms with van der Waals surface area (Å²) in [5.74, 6) is -0.321. The second-order valence-corrected chi connectivity index (χ2v) is 7.75. The van der Waals surface area contributed by atoms with E-state index in [-0.39, 0.29) is 23.6 Å². The lowest BCUT2D eigenvalue weighted by Gasteiger charge is -2.24. The fraction of sp³-hybridized carbons (Fsp3) is 0.375. The van der Waals surface area contributed by atoms with Crippen molar-refractivity contribution in [1.82, 2.24) is 10.2 Å². The lowest BCUT2D eigenvalue weighted by atomic mass is 10.1. The van der Waals surface area contributed by atoms with Crippen LogP contribution < -0.4 is 10.2 Å². The molecule has 8 heteroatoms. The fourth-order valence-electron chi connectivity index (χ4n) is 2.91. The van der Waals surface area contributed by atoms with E-state index in [1.54, 1.807) is 6.08 Å². The Morgan fingerprint density at radius 1 is 1.38 bits per heavy atom. The molecule has 2 fully saturated rings. The molecule has 1 aromatic carbocycles. The number of hydrogen-bond donors (Lipinski definition) is 1. The zero-order chi connectivity index (χ0) is 16.6.